The fourth-order valence-corrected chi connectivity index (χ4v) is 2.99. The van der Waals surface area contributed by atoms with Crippen LogP contribution in [0.5, 0.6) is 11.5 Å². The fraction of sp³-hybridized carbons (Fsp3) is 0.211. The molecule has 9 heteroatoms. The molecule has 0 spiro atoms. The maximum atomic E-state index is 12.5. The standard InChI is InChI=1S/C19H18N4O5/c24-17(21-12-5-6-15-16(9-12)28-8-7-27-15)10-20-19(26)23-11-18(25)22-13-3-1-2-4-14(13)23/h1-6,9H,7-8,10-11H2,(H,20,26)(H,21,24)(H,22,25). The number of hydrogen-bond acceptors (Lipinski definition) is 5. The van der Waals surface area contributed by atoms with Crippen molar-refractivity contribution >= 4 is 34.9 Å². The summed E-state index contributed by atoms with van der Waals surface area (Å²) < 4.78 is 10.9. The lowest BCUT2D eigenvalue weighted by atomic mass is 10.2. The van der Waals surface area contributed by atoms with Gasteiger partial charge in [-0.25, -0.2) is 4.79 Å². The van der Waals surface area contributed by atoms with Gasteiger partial charge in [-0.1, -0.05) is 12.1 Å². The van der Waals surface area contributed by atoms with E-state index in [2.05, 4.69) is 16.0 Å². The summed E-state index contributed by atoms with van der Waals surface area (Å²) in [6, 6.07) is 11.5. The number of fused-ring (bicyclic) bond motifs is 2. The third-order valence-corrected chi connectivity index (χ3v) is 4.24. The highest BCUT2D eigenvalue weighted by molar-refractivity contribution is 6.10. The molecule has 2 aromatic rings. The number of nitrogens with zero attached hydrogens (tertiary/aromatic N) is 1. The van der Waals surface area contributed by atoms with Crippen molar-refractivity contribution in [3.05, 3.63) is 42.5 Å². The van der Waals surface area contributed by atoms with E-state index in [1.165, 1.54) is 4.90 Å². The van der Waals surface area contributed by atoms with Crippen LogP contribution in [0.4, 0.5) is 21.9 Å². The molecule has 144 valence electrons. The van der Waals surface area contributed by atoms with E-state index in [-0.39, 0.29) is 19.0 Å². The molecular weight excluding hydrogens is 364 g/mol. The first-order valence-electron chi connectivity index (χ1n) is 8.74. The molecule has 2 heterocycles. The lowest BCUT2D eigenvalue weighted by molar-refractivity contribution is -0.115. The zero-order chi connectivity index (χ0) is 19.5. The lowest BCUT2D eigenvalue weighted by Gasteiger charge is -2.29. The number of hydrogen-bond donors (Lipinski definition) is 3. The average Bonchev–Trinajstić information content (AvgIpc) is 2.71. The molecule has 2 aromatic carbocycles. The van der Waals surface area contributed by atoms with Crippen molar-refractivity contribution in [1.82, 2.24) is 5.32 Å². The Bertz CT molecular complexity index is 946. The minimum atomic E-state index is -0.528. The van der Waals surface area contributed by atoms with Gasteiger partial charge in [-0.05, 0) is 24.3 Å². The van der Waals surface area contributed by atoms with Gasteiger partial charge in [-0.15, -0.1) is 0 Å². The van der Waals surface area contributed by atoms with E-state index in [9.17, 15) is 14.4 Å². The van der Waals surface area contributed by atoms with Crippen LogP contribution in [0.3, 0.4) is 0 Å². The van der Waals surface area contributed by atoms with Gasteiger partial charge >= 0.3 is 6.03 Å². The second kappa shape index (κ2) is 7.47. The van der Waals surface area contributed by atoms with E-state index in [1.807, 2.05) is 0 Å². The second-order valence-corrected chi connectivity index (χ2v) is 6.22. The molecule has 0 saturated carbocycles. The predicted octanol–water partition coefficient (Wildman–Crippen LogP) is 1.56. The van der Waals surface area contributed by atoms with Gasteiger partial charge in [0.05, 0.1) is 17.9 Å². The number of carbonyl (C=O) groups excluding carboxylic acids is 3. The minimum Gasteiger partial charge on any atom is -0.486 e. The molecule has 0 fully saturated rings. The Morgan fingerprint density at radius 1 is 1.07 bits per heavy atom. The summed E-state index contributed by atoms with van der Waals surface area (Å²) in [4.78, 5) is 37.8. The van der Waals surface area contributed by atoms with E-state index in [0.29, 0.717) is 41.8 Å². The number of urea groups is 1. The number of amides is 4. The van der Waals surface area contributed by atoms with E-state index in [0.717, 1.165) is 0 Å². The Morgan fingerprint density at radius 2 is 1.86 bits per heavy atom. The third-order valence-electron chi connectivity index (χ3n) is 4.24. The predicted molar refractivity (Wildman–Crippen MR) is 102 cm³/mol. The first-order chi connectivity index (χ1) is 13.6. The van der Waals surface area contributed by atoms with Crippen molar-refractivity contribution in [2.24, 2.45) is 0 Å². The van der Waals surface area contributed by atoms with Gasteiger partial charge in [0.1, 0.15) is 19.8 Å². The highest BCUT2D eigenvalue weighted by Gasteiger charge is 2.26. The lowest BCUT2D eigenvalue weighted by Crippen LogP contribution is -2.48. The maximum absolute atomic E-state index is 12.5. The van der Waals surface area contributed by atoms with Crippen molar-refractivity contribution in [2.75, 3.05) is 41.8 Å². The van der Waals surface area contributed by atoms with Gasteiger partial charge in [0.25, 0.3) is 0 Å². The molecule has 0 saturated heterocycles. The SMILES string of the molecule is O=C(CNC(=O)N1CC(=O)Nc2ccccc21)Nc1ccc2c(c1)OCCO2. The Balaban J connectivity index is 1.36. The van der Waals surface area contributed by atoms with Crippen molar-refractivity contribution in [3.8, 4) is 11.5 Å². The van der Waals surface area contributed by atoms with Crippen LogP contribution in [0.2, 0.25) is 0 Å². The van der Waals surface area contributed by atoms with Gasteiger partial charge < -0.3 is 25.4 Å². The number of ether oxygens (including phenoxy) is 2. The number of para-hydroxylation sites is 2. The van der Waals surface area contributed by atoms with Crippen molar-refractivity contribution in [1.29, 1.82) is 0 Å². The first kappa shape index (κ1) is 17.7. The molecule has 2 aliphatic rings. The summed E-state index contributed by atoms with van der Waals surface area (Å²) in [7, 11) is 0. The minimum absolute atomic E-state index is 0.118. The molecule has 0 bridgehead atoms. The van der Waals surface area contributed by atoms with E-state index >= 15 is 0 Å². The van der Waals surface area contributed by atoms with E-state index in [1.54, 1.807) is 42.5 Å². The Hall–Kier alpha value is -3.75. The van der Waals surface area contributed by atoms with Crippen LogP contribution in [0.1, 0.15) is 0 Å². The van der Waals surface area contributed by atoms with Crippen LogP contribution >= 0.6 is 0 Å². The second-order valence-electron chi connectivity index (χ2n) is 6.22. The number of benzene rings is 2. The van der Waals surface area contributed by atoms with Crippen molar-refractivity contribution in [2.45, 2.75) is 0 Å². The zero-order valence-corrected chi connectivity index (χ0v) is 14.9. The molecule has 3 N–H and O–H groups in total. The molecule has 28 heavy (non-hydrogen) atoms. The summed E-state index contributed by atoms with van der Waals surface area (Å²) >= 11 is 0. The molecule has 0 aliphatic carbocycles. The molecule has 0 unspecified atom stereocenters. The smallest absolute Gasteiger partial charge is 0.322 e. The first-order valence-corrected chi connectivity index (χ1v) is 8.74. The molecule has 4 rings (SSSR count). The number of anilines is 3. The molecule has 9 nitrogen and oxygen atoms in total. The summed E-state index contributed by atoms with van der Waals surface area (Å²) in [5.41, 5.74) is 1.66. The summed E-state index contributed by atoms with van der Waals surface area (Å²) in [5.74, 6) is 0.484. The molecule has 0 aromatic heterocycles. The largest absolute Gasteiger partial charge is 0.486 e. The van der Waals surface area contributed by atoms with Crippen LogP contribution in [0, 0.1) is 0 Å². The molecule has 0 radical (unpaired) electrons. The van der Waals surface area contributed by atoms with E-state index in [4.69, 9.17) is 9.47 Å². The quantitative estimate of drug-likeness (QED) is 0.747. The molecule has 4 amide bonds. The average molecular weight is 382 g/mol. The number of nitrogens with one attached hydrogen (secondary N) is 3. The van der Waals surface area contributed by atoms with Gasteiger partial charge in [0, 0.05) is 11.8 Å². The van der Waals surface area contributed by atoms with Crippen LogP contribution < -0.4 is 30.3 Å². The van der Waals surface area contributed by atoms with Crippen LogP contribution in [0.15, 0.2) is 42.5 Å². The van der Waals surface area contributed by atoms with Gasteiger partial charge in [0.15, 0.2) is 11.5 Å². The monoisotopic (exact) mass is 382 g/mol. The van der Waals surface area contributed by atoms with Gasteiger partial charge in [-0.2, -0.15) is 0 Å². The summed E-state index contributed by atoms with van der Waals surface area (Å²) in [6.45, 7) is 0.577. The number of carbonyl (C=O) groups is 3. The normalized spacial score (nSPS) is 14.6. The molecule has 2 aliphatic heterocycles. The van der Waals surface area contributed by atoms with Crippen molar-refractivity contribution in [3.63, 3.8) is 0 Å². The Morgan fingerprint density at radius 3 is 2.71 bits per heavy atom. The Labute approximate surface area is 160 Å². The maximum Gasteiger partial charge on any atom is 0.322 e. The topological polar surface area (TPSA) is 109 Å². The summed E-state index contributed by atoms with van der Waals surface area (Å²) in [6.07, 6.45) is 0. The van der Waals surface area contributed by atoms with Crippen LogP contribution in [0.25, 0.3) is 0 Å². The van der Waals surface area contributed by atoms with Crippen LogP contribution in [-0.4, -0.2) is 44.1 Å². The zero-order valence-electron chi connectivity index (χ0n) is 14.9. The van der Waals surface area contributed by atoms with Crippen LogP contribution in [-0.2, 0) is 9.59 Å². The highest BCUT2D eigenvalue weighted by atomic mass is 16.6. The highest BCUT2D eigenvalue weighted by Crippen LogP contribution is 2.32. The Kier molecular flexibility index (Phi) is 4.71. The fourth-order valence-electron chi connectivity index (χ4n) is 2.99. The third kappa shape index (κ3) is 3.68. The van der Waals surface area contributed by atoms with E-state index < -0.39 is 11.9 Å². The van der Waals surface area contributed by atoms with Gasteiger partial charge in [0.2, 0.25) is 11.8 Å². The summed E-state index contributed by atoms with van der Waals surface area (Å²) in [5, 5.41) is 7.93. The van der Waals surface area contributed by atoms with Crippen molar-refractivity contribution < 1.29 is 23.9 Å². The molecular formula is C19H18N4O5. The molecule has 0 atom stereocenters. The number of rotatable bonds is 3. The van der Waals surface area contributed by atoms with Gasteiger partial charge in [-0.3, -0.25) is 14.5 Å².